The fourth-order valence-corrected chi connectivity index (χ4v) is 5.05. The summed E-state index contributed by atoms with van der Waals surface area (Å²) in [5.41, 5.74) is -0.430. The number of benzene rings is 1. The minimum Gasteiger partial charge on any atom is -0.473 e. The highest BCUT2D eigenvalue weighted by atomic mass is 19.1. The lowest BCUT2D eigenvalue weighted by Crippen LogP contribution is -2.33. The molecular formula is C28H33F2N7O2. The van der Waals surface area contributed by atoms with Crippen molar-refractivity contribution in [3.05, 3.63) is 48.4 Å². The average Bonchev–Trinajstić information content (AvgIpc) is 3.37. The Bertz CT molecular complexity index is 1510. The highest BCUT2D eigenvalue weighted by Gasteiger charge is 2.34. The van der Waals surface area contributed by atoms with Crippen LogP contribution in [-0.2, 0) is 0 Å². The number of likely N-dealkylation sites (N-methyl/N-ethyl adjacent to an activating group) is 1. The van der Waals surface area contributed by atoms with Crippen molar-refractivity contribution in [3.8, 4) is 5.88 Å². The van der Waals surface area contributed by atoms with Crippen LogP contribution in [0.4, 0.5) is 26.1 Å². The summed E-state index contributed by atoms with van der Waals surface area (Å²) in [7, 11) is 3.89. The molecule has 0 saturated carbocycles. The van der Waals surface area contributed by atoms with E-state index in [2.05, 4.69) is 25.2 Å². The van der Waals surface area contributed by atoms with Gasteiger partial charge in [-0.2, -0.15) is 4.98 Å². The maximum atomic E-state index is 15.4. The number of nitrogens with one attached hydrogen (secondary N) is 1. The van der Waals surface area contributed by atoms with E-state index in [0.29, 0.717) is 29.8 Å². The highest BCUT2D eigenvalue weighted by molar-refractivity contribution is 5.97. The van der Waals surface area contributed by atoms with Crippen LogP contribution in [0.25, 0.3) is 21.8 Å². The SMILES string of the molecule is C[C@H](CN(C)C)Oc1nc(N2CC[C@H](C(C)(C)O)C2)cc2ncnc(Nc3c(F)cc4ncccc4c3F)c12. The molecule has 3 aromatic heterocycles. The first-order valence-electron chi connectivity index (χ1n) is 13.0. The molecule has 4 heterocycles. The molecule has 5 rings (SSSR count). The molecule has 11 heteroatoms. The fourth-order valence-electron chi connectivity index (χ4n) is 5.05. The zero-order valence-electron chi connectivity index (χ0n) is 22.7. The first-order valence-corrected chi connectivity index (χ1v) is 13.0. The predicted molar refractivity (Wildman–Crippen MR) is 148 cm³/mol. The fraction of sp³-hybridized carbons (Fsp3) is 0.429. The molecule has 0 bridgehead atoms. The van der Waals surface area contributed by atoms with Crippen molar-refractivity contribution >= 4 is 39.1 Å². The molecule has 0 radical (unpaired) electrons. The van der Waals surface area contributed by atoms with Crippen LogP contribution in [-0.4, -0.2) is 75.4 Å². The zero-order chi connectivity index (χ0) is 27.9. The second-order valence-corrected chi connectivity index (χ2v) is 10.9. The van der Waals surface area contributed by atoms with Crippen LogP contribution in [0.1, 0.15) is 27.2 Å². The second kappa shape index (κ2) is 10.5. The van der Waals surface area contributed by atoms with Gasteiger partial charge in [-0.15, -0.1) is 0 Å². The first-order chi connectivity index (χ1) is 18.5. The maximum absolute atomic E-state index is 15.4. The monoisotopic (exact) mass is 537 g/mol. The van der Waals surface area contributed by atoms with E-state index in [9.17, 15) is 5.11 Å². The lowest BCUT2D eigenvalue weighted by molar-refractivity contribution is 0.0263. The van der Waals surface area contributed by atoms with Gasteiger partial charge in [-0.1, -0.05) is 0 Å². The number of aliphatic hydroxyl groups is 1. The Balaban J connectivity index is 1.59. The van der Waals surface area contributed by atoms with Gasteiger partial charge in [0.2, 0.25) is 5.88 Å². The molecule has 0 unspecified atom stereocenters. The van der Waals surface area contributed by atoms with Gasteiger partial charge in [0.05, 0.1) is 16.6 Å². The third-order valence-electron chi connectivity index (χ3n) is 7.06. The summed E-state index contributed by atoms with van der Waals surface area (Å²) in [6.45, 7) is 7.53. The number of halogens is 2. The standard InChI is InChI=1S/C28H33F2N7O2/c1-16(13-36(4)5)39-27-23-21(12-22(34-27)37-10-8-17(14-37)28(2,3)38)32-15-33-26(23)35-25-19(29)11-20-18(24(25)30)7-6-9-31-20/h6-7,9,11-12,15-17,38H,8,10,13-14H2,1-5H3,(H,32,33,35)/t16-,17+/m1/s1. The normalized spacial score (nSPS) is 16.8. The molecule has 0 aliphatic carbocycles. The summed E-state index contributed by atoms with van der Waals surface area (Å²) in [6, 6.07) is 6.14. The van der Waals surface area contributed by atoms with Crippen LogP contribution in [0.15, 0.2) is 36.8 Å². The Morgan fingerprint density at radius 3 is 2.72 bits per heavy atom. The Morgan fingerprint density at radius 1 is 1.21 bits per heavy atom. The van der Waals surface area contributed by atoms with Crippen molar-refractivity contribution in [1.29, 1.82) is 0 Å². The largest absolute Gasteiger partial charge is 0.473 e. The molecular weight excluding hydrogens is 504 g/mol. The number of pyridine rings is 2. The van der Waals surface area contributed by atoms with E-state index in [-0.39, 0.29) is 40.3 Å². The molecule has 1 aromatic carbocycles. The molecule has 4 aromatic rings. The third kappa shape index (κ3) is 5.55. The highest BCUT2D eigenvalue weighted by Crippen LogP contribution is 2.37. The lowest BCUT2D eigenvalue weighted by Gasteiger charge is -2.26. The summed E-state index contributed by atoms with van der Waals surface area (Å²) in [5, 5.41) is 14.0. The number of rotatable bonds is 8. The molecule has 0 amide bonds. The van der Waals surface area contributed by atoms with E-state index in [1.807, 2.05) is 45.8 Å². The average molecular weight is 538 g/mol. The van der Waals surface area contributed by atoms with Gasteiger partial charge in [0, 0.05) is 49.3 Å². The minimum absolute atomic E-state index is 0.0861. The van der Waals surface area contributed by atoms with Crippen LogP contribution in [0.5, 0.6) is 5.88 Å². The van der Waals surface area contributed by atoms with Gasteiger partial charge in [-0.25, -0.2) is 18.7 Å². The van der Waals surface area contributed by atoms with Gasteiger partial charge < -0.3 is 25.0 Å². The number of fused-ring (bicyclic) bond motifs is 2. The minimum atomic E-state index is -0.812. The maximum Gasteiger partial charge on any atom is 0.229 e. The van der Waals surface area contributed by atoms with Crippen molar-refractivity contribution in [2.45, 2.75) is 38.9 Å². The third-order valence-corrected chi connectivity index (χ3v) is 7.06. The van der Waals surface area contributed by atoms with E-state index in [4.69, 9.17) is 9.72 Å². The zero-order valence-corrected chi connectivity index (χ0v) is 22.7. The van der Waals surface area contributed by atoms with Crippen molar-refractivity contribution in [2.24, 2.45) is 5.92 Å². The summed E-state index contributed by atoms with van der Waals surface area (Å²) in [5.74, 6) is -0.401. The molecule has 0 spiro atoms. The van der Waals surface area contributed by atoms with Crippen molar-refractivity contribution in [1.82, 2.24) is 24.8 Å². The Hall–Kier alpha value is -3.70. The van der Waals surface area contributed by atoms with Gasteiger partial charge in [0.15, 0.2) is 11.6 Å². The Morgan fingerprint density at radius 2 is 2.00 bits per heavy atom. The first kappa shape index (κ1) is 26.9. The summed E-state index contributed by atoms with van der Waals surface area (Å²) in [4.78, 5) is 21.7. The van der Waals surface area contributed by atoms with E-state index >= 15 is 8.78 Å². The molecule has 206 valence electrons. The van der Waals surface area contributed by atoms with Gasteiger partial charge in [0.1, 0.15) is 35.1 Å². The molecule has 1 saturated heterocycles. The molecule has 2 N–H and O–H groups in total. The topological polar surface area (TPSA) is 99.5 Å². The van der Waals surface area contributed by atoms with Crippen LogP contribution in [0.3, 0.4) is 0 Å². The lowest BCUT2D eigenvalue weighted by atomic mass is 9.90. The van der Waals surface area contributed by atoms with Gasteiger partial charge in [-0.3, -0.25) is 4.98 Å². The van der Waals surface area contributed by atoms with E-state index in [0.717, 1.165) is 13.0 Å². The quantitative estimate of drug-likeness (QED) is 0.336. The molecule has 1 aliphatic rings. The smallest absolute Gasteiger partial charge is 0.229 e. The predicted octanol–water partition coefficient (Wildman–Crippen LogP) is 4.52. The molecule has 39 heavy (non-hydrogen) atoms. The number of ether oxygens (including phenoxy) is 1. The summed E-state index contributed by atoms with van der Waals surface area (Å²) in [6.07, 6.45) is 3.39. The molecule has 9 nitrogen and oxygen atoms in total. The van der Waals surface area contributed by atoms with Gasteiger partial charge in [0.25, 0.3) is 0 Å². The molecule has 1 fully saturated rings. The van der Waals surface area contributed by atoms with Crippen molar-refractivity contribution < 1.29 is 18.6 Å². The Labute approximate surface area is 225 Å². The van der Waals surface area contributed by atoms with Crippen LogP contribution in [0, 0.1) is 17.6 Å². The van der Waals surface area contributed by atoms with Crippen LogP contribution >= 0.6 is 0 Å². The van der Waals surface area contributed by atoms with E-state index in [1.165, 1.54) is 18.6 Å². The van der Waals surface area contributed by atoms with Gasteiger partial charge in [-0.05, 0) is 53.4 Å². The van der Waals surface area contributed by atoms with Crippen molar-refractivity contribution in [3.63, 3.8) is 0 Å². The van der Waals surface area contributed by atoms with Gasteiger partial charge >= 0.3 is 0 Å². The molecule has 1 aliphatic heterocycles. The summed E-state index contributed by atoms with van der Waals surface area (Å²) >= 11 is 0. The number of nitrogens with zero attached hydrogens (tertiary/aromatic N) is 6. The second-order valence-electron chi connectivity index (χ2n) is 10.9. The van der Waals surface area contributed by atoms with Crippen LogP contribution < -0.4 is 15.0 Å². The van der Waals surface area contributed by atoms with E-state index in [1.54, 1.807) is 12.1 Å². The number of aromatic nitrogens is 4. The number of hydrogen-bond donors (Lipinski definition) is 2. The Kier molecular flexibility index (Phi) is 7.21. The van der Waals surface area contributed by atoms with E-state index < -0.39 is 17.2 Å². The number of anilines is 3. The van der Waals surface area contributed by atoms with Crippen molar-refractivity contribution in [2.75, 3.05) is 43.9 Å². The number of hydrogen-bond acceptors (Lipinski definition) is 9. The molecule has 2 atom stereocenters. The van der Waals surface area contributed by atoms with Crippen LogP contribution in [0.2, 0.25) is 0 Å². The summed E-state index contributed by atoms with van der Waals surface area (Å²) < 4.78 is 36.8.